The Balaban J connectivity index is 1.23. The van der Waals surface area contributed by atoms with Crippen LogP contribution in [0.4, 0.5) is 11.8 Å². The lowest BCUT2D eigenvalue weighted by atomic mass is 10.1. The van der Waals surface area contributed by atoms with Crippen molar-refractivity contribution in [1.29, 1.82) is 0 Å². The van der Waals surface area contributed by atoms with E-state index in [2.05, 4.69) is 29.9 Å². The van der Waals surface area contributed by atoms with Gasteiger partial charge in [-0.25, -0.2) is 24.5 Å². The van der Waals surface area contributed by atoms with Crippen molar-refractivity contribution >= 4 is 53.5 Å². The lowest BCUT2D eigenvalue weighted by Gasteiger charge is -2.24. The van der Waals surface area contributed by atoms with Gasteiger partial charge in [0.2, 0.25) is 10.9 Å². The van der Waals surface area contributed by atoms with Gasteiger partial charge >= 0.3 is 7.82 Å². The molecule has 1 saturated heterocycles. The Bertz CT molecular complexity index is 1830. The number of H-pyrrole nitrogens is 1. The van der Waals surface area contributed by atoms with E-state index >= 15 is 0 Å². The topological polar surface area (TPSA) is 294 Å². The molecule has 0 aromatic carbocycles. The number of fused-ring (bicyclic) bond motifs is 2. The van der Waals surface area contributed by atoms with Gasteiger partial charge in [-0.2, -0.15) is 4.98 Å². The van der Waals surface area contributed by atoms with Crippen LogP contribution in [0.1, 0.15) is 6.23 Å². The lowest BCUT2D eigenvalue weighted by molar-refractivity contribution is -0.0513. The molecule has 42 heavy (non-hydrogen) atoms. The zero-order valence-corrected chi connectivity index (χ0v) is 22.7. The number of anilines is 2. The van der Waals surface area contributed by atoms with E-state index in [0.29, 0.717) is 0 Å². The van der Waals surface area contributed by atoms with Gasteiger partial charge in [0.15, 0.2) is 40.4 Å². The molecule has 0 aliphatic carbocycles. The van der Waals surface area contributed by atoms with Gasteiger partial charge in [-0.1, -0.05) is 11.6 Å². The smallest absolute Gasteiger partial charge is 0.473 e. The second-order valence-corrected chi connectivity index (χ2v) is 11.2. The third kappa shape index (κ3) is 4.53. The van der Waals surface area contributed by atoms with Crippen molar-refractivity contribution in [2.75, 3.05) is 31.3 Å². The average molecular weight is 629 g/mol. The number of nitrogens with two attached hydrogens (primary N) is 2. The van der Waals surface area contributed by atoms with E-state index in [-0.39, 0.29) is 46.5 Å². The van der Waals surface area contributed by atoms with Crippen LogP contribution in [0.2, 0.25) is 0 Å². The first-order chi connectivity index (χ1) is 19.9. The number of aliphatic hydroxyl groups excluding tert-OH is 3. The summed E-state index contributed by atoms with van der Waals surface area (Å²) < 4.78 is 36.8. The van der Waals surface area contributed by atoms with Gasteiger partial charge in [-0.15, -0.1) is 0 Å². The summed E-state index contributed by atoms with van der Waals surface area (Å²) in [5.74, 6) is -1.04. The molecule has 0 bridgehead atoms. The summed E-state index contributed by atoms with van der Waals surface area (Å²) in [4.78, 5) is 43.2. The van der Waals surface area contributed by atoms with Gasteiger partial charge in [-0.05, 0) is 0 Å². The summed E-state index contributed by atoms with van der Waals surface area (Å²) in [7, 11) is -5.05. The SMILES string of the molecule is Nc1nc2c(ncn2[C@@H]2O[C@H](CO)[C@@H](O)[C@H]2OP(=O)(O)OCC2=C(O)C(Cl)(n3cnc4c(N)ncnc43)CO2)c(=O)[nH]1. The van der Waals surface area contributed by atoms with Crippen molar-refractivity contribution < 1.29 is 43.3 Å². The van der Waals surface area contributed by atoms with Gasteiger partial charge in [0.05, 0.1) is 19.3 Å². The summed E-state index contributed by atoms with van der Waals surface area (Å²) in [5, 5.41) is 31.2. The molecule has 22 heteroatoms. The Morgan fingerprint density at radius 2 is 1.98 bits per heavy atom. The number of hydrogen-bond donors (Lipinski definition) is 7. The summed E-state index contributed by atoms with van der Waals surface area (Å²) in [6, 6.07) is 0. The second kappa shape index (κ2) is 10.1. The number of aromatic nitrogens is 8. The standard InChI is InChI=1S/C20H22ClN10O10P/c21-20(31-6-27-9-14(22)24-4-25-15(9)31)3-38-8(13(20)34)2-39-42(36,37)41-12-11(33)7(1-32)40-18(12)30-5-26-10-16(30)28-19(23)29-17(10)35/h4-7,11-12,18,32-34H,1-3H2,(H,36,37)(H2,22,24,25)(H3,23,28,29,35)/t7-,11-,12-,18-,20?/m1/s1. The molecule has 1 fully saturated rings. The van der Waals surface area contributed by atoms with Crippen molar-refractivity contribution in [3.05, 3.63) is 40.9 Å². The highest BCUT2D eigenvalue weighted by Gasteiger charge is 2.50. The molecule has 2 unspecified atom stereocenters. The van der Waals surface area contributed by atoms with Gasteiger partial charge in [0.1, 0.15) is 43.4 Å². The number of phosphoric ester groups is 1. The van der Waals surface area contributed by atoms with Crippen LogP contribution in [0, 0.1) is 0 Å². The Hall–Kier alpha value is -3.88. The maximum atomic E-state index is 13.0. The highest BCUT2D eigenvalue weighted by Crippen LogP contribution is 2.50. The number of phosphoric acid groups is 1. The number of imidazole rings is 2. The fraction of sp³-hybridized carbons (Fsp3) is 0.400. The minimum atomic E-state index is -5.05. The molecule has 6 rings (SSSR count). The van der Waals surface area contributed by atoms with E-state index in [0.717, 1.165) is 10.9 Å². The zero-order valence-electron chi connectivity index (χ0n) is 21.0. The highest BCUT2D eigenvalue weighted by molar-refractivity contribution is 7.47. The van der Waals surface area contributed by atoms with Crippen LogP contribution >= 0.6 is 19.4 Å². The zero-order chi connectivity index (χ0) is 30.0. The number of aromatic amines is 1. The molecule has 2 aliphatic heterocycles. The summed E-state index contributed by atoms with van der Waals surface area (Å²) in [6.45, 7) is -1.83. The first-order valence-corrected chi connectivity index (χ1v) is 13.8. The number of rotatable bonds is 8. The van der Waals surface area contributed by atoms with Crippen molar-refractivity contribution in [2.45, 2.75) is 29.5 Å². The van der Waals surface area contributed by atoms with Crippen LogP contribution in [-0.4, -0.2) is 97.4 Å². The number of halogens is 1. The minimum Gasteiger partial charge on any atom is -0.505 e. The number of ether oxygens (including phenoxy) is 2. The Morgan fingerprint density at radius 3 is 2.74 bits per heavy atom. The quantitative estimate of drug-likeness (QED) is 0.0868. The molecular formula is C20H22ClN10O10P. The van der Waals surface area contributed by atoms with Crippen molar-refractivity contribution in [2.24, 2.45) is 0 Å². The number of alkyl halides is 1. The summed E-state index contributed by atoms with van der Waals surface area (Å²) in [5.41, 5.74) is 11.0. The maximum Gasteiger partial charge on any atom is 0.473 e. The number of hydrogen-bond acceptors (Lipinski definition) is 16. The third-order valence-corrected chi connectivity index (χ3v) is 8.07. The van der Waals surface area contributed by atoms with E-state index in [4.69, 9.17) is 41.6 Å². The number of nitrogens with one attached hydrogen (secondary N) is 1. The van der Waals surface area contributed by atoms with Gasteiger partial charge in [-0.3, -0.25) is 28.0 Å². The first-order valence-electron chi connectivity index (χ1n) is 11.9. The van der Waals surface area contributed by atoms with Crippen LogP contribution in [0.15, 0.2) is 35.3 Å². The van der Waals surface area contributed by atoms with Crippen molar-refractivity contribution in [3.8, 4) is 0 Å². The lowest BCUT2D eigenvalue weighted by Crippen LogP contribution is -2.35. The maximum absolute atomic E-state index is 13.0. The highest BCUT2D eigenvalue weighted by atomic mass is 35.5. The Labute approximate surface area is 237 Å². The van der Waals surface area contributed by atoms with Gasteiger partial charge < -0.3 is 41.2 Å². The summed E-state index contributed by atoms with van der Waals surface area (Å²) in [6.07, 6.45) is -2.38. The van der Waals surface area contributed by atoms with E-state index in [1.807, 2.05) is 0 Å². The van der Waals surface area contributed by atoms with Crippen LogP contribution in [0.25, 0.3) is 22.3 Å². The van der Waals surface area contributed by atoms with Crippen molar-refractivity contribution in [1.82, 2.24) is 39.0 Å². The normalized spacial score (nSPS) is 27.6. The van der Waals surface area contributed by atoms with Gasteiger partial charge in [0, 0.05) is 0 Å². The molecule has 0 radical (unpaired) electrons. The molecule has 9 N–H and O–H groups in total. The van der Waals surface area contributed by atoms with Crippen LogP contribution in [0.3, 0.4) is 0 Å². The fourth-order valence-corrected chi connectivity index (χ4v) is 5.76. The molecule has 4 aromatic rings. The predicted molar refractivity (Wildman–Crippen MR) is 139 cm³/mol. The van der Waals surface area contributed by atoms with Crippen molar-refractivity contribution in [3.63, 3.8) is 0 Å². The minimum absolute atomic E-state index is 0.0814. The largest absolute Gasteiger partial charge is 0.505 e. The molecule has 0 saturated carbocycles. The molecule has 2 aliphatic rings. The first kappa shape index (κ1) is 28.2. The number of nitrogens with zero attached hydrogens (tertiary/aromatic N) is 7. The van der Waals surface area contributed by atoms with E-state index in [1.54, 1.807) is 0 Å². The monoisotopic (exact) mass is 628 g/mol. The van der Waals surface area contributed by atoms with E-state index in [1.165, 1.54) is 17.2 Å². The molecule has 0 amide bonds. The van der Waals surface area contributed by atoms with Gasteiger partial charge in [0.25, 0.3) is 5.56 Å². The molecule has 0 spiro atoms. The average Bonchev–Trinajstić information content (AvgIpc) is 3.70. The summed E-state index contributed by atoms with van der Waals surface area (Å²) >= 11 is 6.65. The fourth-order valence-electron chi connectivity index (χ4n) is 4.60. The predicted octanol–water partition coefficient (Wildman–Crippen LogP) is -1.43. The second-order valence-electron chi connectivity index (χ2n) is 9.19. The number of aliphatic hydroxyl groups is 3. The molecule has 20 nitrogen and oxygen atoms in total. The number of nitrogen functional groups attached to an aromatic ring is 2. The Kier molecular flexibility index (Phi) is 6.82. The molecule has 6 heterocycles. The molecule has 6 atom stereocenters. The molecule has 4 aromatic heterocycles. The van der Waals surface area contributed by atoms with Crippen LogP contribution in [0.5, 0.6) is 0 Å². The molecule has 224 valence electrons. The van der Waals surface area contributed by atoms with Crippen LogP contribution < -0.4 is 17.0 Å². The third-order valence-electron chi connectivity index (χ3n) is 6.64. The Morgan fingerprint density at radius 1 is 1.21 bits per heavy atom. The molecular weight excluding hydrogens is 607 g/mol. The van der Waals surface area contributed by atoms with E-state index < -0.39 is 61.9 Å². The van der Waals surface area contributed by atoms with E-state index in [9.17, 15) is 29.6 Å². The van der Waals surface area contributed by atoms with Crippen LogP contribution in [-0.2, 0) is 28.1 Å².